The number of alkyl halides is 3. The lowest BCUT2D eigenvalue weighted by atomic mass is 9.91. The van der Waals surface area contributed by atoms with Gasteiger partial charge in [-0.2, -0.15) is 13.2 Å². The monoisotopic (exact) mass is 376 g/mol. The van der Waals surface area contributed by atoms with Gasteiger partial charge < -0.3 is 14.9 Å². The third-order valence-corrected chi connectivity index (χ3v) is 4.00. The van der Waals surface area contributed by atoms with E-state index < -0.39 is 42.3 Å². The summed E-state index contributed by atoms with van der Waals surface area (Å²) >= 11 is 0. The second kappa shape index (κ2) is 7.40. The highest BCUT2D eigenvalue weighted by atomic mass is 19.4. The molecule has 2 unspecified atom stereocenters. The van der Waals surface area contributed by atoms with Gasteiger partial charge in [-0.1, -0.05) is 6.07 Å². The normalized spacial score (nSPS) is 21.6. The summed E-state index contributed by atoms with van der Waals surface area (Å²) in [6.45, 7) is 4.62. The lowest BCUT2D eigenvalue weighted by Crippen LogP contribution is -2.47. The molecule has 0 spiro atoms. The van der Waals surface area contributed by atoms with Crippen molar-refractivity contribution in [3.8, 4) is 0 Å². The van der Waals surface area contributed by atoms with E-state index in [0.29, 0.717) is 12.8 Å². The van der Waals surface area contributed by atoms with Gasteiger partial charge in [-0.3, -0.25) is 4.90 Å². The number of amides is 1. The van der Waals surface area contributed by atoms with E-state index in [1.165, 1.54) is 4.90 Å². The Labute approximate surface area is 149 Å². The summed E-state index contributed by atoms with van der Waals surface area (Å²) < 4.78 is 43.9. The van der Waals surface area contributed by atoms with Crippen LogP contribution in [0, 0.1) is 0 Å². The van der Waals surface area contributed by atoms with Crippen LogP contribution < -0.4 is 0 Å². The van der Waals surface area contributed by atoms with Crippen LogP contribution in [0.3, 0.4) is 0 Å². The molecule has 0 bridgehead atoms. The molecule has 0 radical (unpaired) electrons. The molecule has 1 aromatic rings. The Bertz CT molecular complexity index is 658. The molecule has 1 saturated heterocycles. The molecule has 0 aromatic carbocycles. The number of pyridine rings is 1. The van der Waals surface area contributed by atoms with Crippen molar-refractivity contribution in [3.05, 3.63) is 29.1 Å². The Hall–Kier alpha value is -1.87. The molecule has 0 saturated carbocycles. The molecular formula is C17H23F3N2O4. The van der Waals surface area contributed by atoms with Crippen LogP contribution in [-0.4, -0.2) is 44.4 Å². The Morgan fingerprint density at radius 3 is 2.54 bits per heavy atom. The fraction of sp³-hybridized carbons (Fsp3) is 0.647. The van der Waals surface area contributed by atoms with Crippen LogP contribution in [0.5, 0.6) is 0 Å². The first kappa shape index (κ1) is 20.4. The van der Waals surface area contributed by atoms with E-state index in [0.717, 1.165) is 12.1 Å². The second-order valence-electron chi connectivity index (χ2n) is 7.22. The van der Waals surface area contributed by atoms with E-state index in [4.69, 9.17) is 4.74 Å². The van der Waals surface area contributed by atoms with Gasteiger partial charge in [-0.25, -0.2) is 9.78 Å². The van der Waals surface area contributed by atoms with Gasteiger partial charge in [0.15, 0.2) is 0 Å². The Morgan fingerprint density at radius 2 is 2.00 bits per heavy atom. The third-order valence-electron chi connectivity index (χ3n) is 4.00. The van der Waals surface area contributed by atoms with E-state index >= 15 is 0 Å². The van der Waals surface area contributed by atoms with Crippen LogP contribution in [0.2, 0.25) is 0 Å². The third kappa shape index (κ3) is 4.64. The largest absolute Gasteiger partial charge is 0.444 e. The highest BCUT2D eigenvalue weighted by molar-refractivity contribution is 5.69. The number of ether oxygens (including phenoxy) is 1. The Balaban J connectivity index is 2.42. The molecule has 0 aliphatic carbocycles. The number of nitrogens with zero attached hydrogens (tertiary/aromatic N) is 2. The molecule has 1 amide bonds. The van der Waals surface area contributed by atoms with Gasteiger partial charge in [0.05, 0.1) is 24.4 Å². The summed E-state index contributed by atoms with van der Waals surface area (Å²) in [4.78, 5) is 17.3. The average molecular weight is 376 g/mol. The molecule has 1 aliphatic heterocycles. The lowest BCUT2D eigenvalue weighted by Gasteiger charge is -2.40. The molecule has 9 heteroatoms. The number of rotatable bonds is 2. The predicted molar refractivity (Wildman–Crippen MR) is 86.1 cm³/mol. The topological polar surface area (TPSA) is 82.9 Å². The molecule has 26 heavy (non-hydrogen) atoms. The van der Waals surface area contributed by atoms with Crippen molar-refractivity contribution in [2.24, 2.45) is 0 Å². The van der Waals surface area contributed by atoms with Gasteiger partial charge in [0.25, 0.3) is 0 Å². The number of hydrogen-bond acceptors (Lipinski definition) is 5. The number of aromatic nitrogens is 1. The van der Waals surface area contributed by atoms with Gasteiger partial charge in [0, 0.05) is 12.1 Å². The maximum Gasteiger partial charge on any atom is 0.433 e. The van der Waals surface area contributed by atoms with Crippen molar-refractivity contribution < 1.29 is 32.9 Å². The zero-order chi connectivity index (χ0) is 19.7. The van der Waals surface area contributed by atoms with Crippen LogP contribution in [0.25, 0.3) is 0 Å². The molecule has 1 aliphatic rings. The number of hydrogen-bond donors (Lipinski definition) is 2. The van der Waals surface area contributed by atoms with Gasteiger partial charge in [-0.15, -0.1) is 0 Å². The minimum atomic E-state index is -4.65. The van der Waals surface area contributed by atoms with Crippen molar-refractivity contribution in [1.82, 2.24) is 9.88 Å². The SMILES string of the molecule is CC(C)(C)OC(=O)N1CCCC(O)C1c1ccc(C(F)(F)F)nc1CO. The number of piperidine rings is 1. The first-order valence-electron chi connectivity index (χ1n) is 8.29. The van der Waals surface area contributed by atoms with Crippen LogP contribution in [0.1, 0.15) is 56.6 Å². The highest BCUT2D eigenvalue weighted by Crippen LogP contribution is 2.36. The summed E-state index contributed by atoms with van der Waals surface area (Å²) in [6, 6.07) is 0.997. The van der Waals surface area contributed by atoms with Crippen LogP contribution >= 0.6 is 0 Å². The molecule has 2 N–H and O–H groups in total. The summed E-state index contributed by atoms with van der Waals surface area (Å²) in [6.07, 6.45) is -5.43. The van der Waals surface area contributed by atoms with E-state index in [9.17, 15) is 28.2 Å². The Kier molecular flexibility index (Phi) is 5.82. The number of carbonyl (C=O) groups excluding carboxylic acids is 1. The summed E-state index contributed by atoms with van der Waals surface area (Å²) in [5, 5.41) is 19.9. The predicted octanol–water partition coefficient (Wildman–Crippen LogP) is 3.03. The molecule has 2 atom stereocenters. The van der Waals surface area contributed by atoms with E-state index in [-0.39, 0.29) is 17.8 Å². The second-order valence-corrected chi connectivity index (χ2v) is 7.22. The smallest absolute Gasteiger partial charge is 0.433 e. The molecule has 1 aromatic heterocycles. The summed E-state index contributed by atoms with van der Waals surface area (Å²) in [7, 11) is 0. The van der Waals surface area contributed by atoms with Gasteiger partial charge in [0.2, 0.25) is 0 Å². The van der Waals surface area contributed by atoms with Gasteiger partial charge >= 0.3 is 12.3 Å². The summed E-state index contributed by atoms with van der Waals surface area (Å²) in [5.74, 6) is 0. The first-order chi connectivity index (χ1) is 11.9. The maximum atomic E-state index is 12.9. The van der Waals surface area contributed by atoms with Crippen molar-refractivity contribution in [2.75, 3.05) is 6.54 Å². The zero-order valence-electron chi connectivity index (χ0n) is 14.9. The molecular weight excluding hydrogens is 353 g/mol. The standard InChI is InChI=1S/C17H23F3N2O4/c1-16(2,3)26-15(25)22-8-4-5-12(24)14(22)10-6-7-13(17(18,19)20)21-11(10)9-23/h6-7,12,14,23-24H,4-5,8-9H2,1-3H3. The minimum Gasteiger partial charge on any atom is -0.444 e. The van der Waals surface area contributed by atoms with E-state index in [1.54, 1.807) is 20.8 Å². The van der Waals surface area contributed by atoms with E-state index in [1.807, 2.05) is 0 Å². The van der Waals surface area contributed by atoms with Crippen molar-refractivity contribution in [3.63, 3.8) is 0 Å². The quantitative estimate of drug-likeness (QED) is 0.829. The fourth-order valence-electron chi connectivity index (χ4n) is 2.94. The van der Waals surface area contributed by atoms with E-state index in [2.05, 4.69) is 4.98 Å². The lowest BCUT2D eigenvalue weighted by molar-refractivity contribution is -0.141. The number of aliphatic hydroxyl groups excluding tert-OH is 2. The summed E-state index contributed by atoms with van der Waals surface area (Å²) in [5.41, 5.74) is -1.94. The molecule has 146 valence electrons. The fourth-order valence-corrected chi connectivity index (χ4v) is 2.94. The number of halogens is 3. The number of carbonyl (C=O) groups is 1. The first-order valence-corrected chi connectivity index (χ1v) is 8.29. The molecule has 2 rings (SSSR count). The maximum absolute atomic E-state index is 12.9. The molecule has 2 heterocycles. The molecule has 1 fully saturated rings. The van der Waals surface area contributed by atoms with Gasteiger partial charge in [-0.05, 0) is 39.7 Å². The minimum absolute atomic E-state index is 0.179. The average Bonchev–Trinajstić information content (AvgIpc) is 2.51. The van der Waals surface area contributed by atoms with Crippen molar-refractivity contribution in [1.29, 1.82) is 0 Å². The van der Waals surface area contributed by atoms with Crippen molar-refractivity contribution in [2.45, 2.75) is 64.1 Å². The van der Waals surface area contributed by atoms with Crippen LogP contribution in [0.4, 0.5) is 18.0 Å². The van der Waals surface area contributed by atoms with Gasteiger partial charge in [0.1, 0.15) is 11.3 Å². The van der Waals surface area contributed by atoms with Crippen LogP contribution in [0.15, 0.2) is 12.1 Å². The highest BCUT2D eigenvalue weighted by Gasteiger charge is 2.39. The van der Waals surface area contributed by atoms with Crippen LogP contribution in [-0.2, 0) is 17.5 Å². The number of likely N-dealkylation sites (tertiary alicyclic amines) is 1. The molecule has 6 nitrogen and oxygen atoms in total. The van der Waals surface area contributed by atoms with Crippen molar-refractivity contribution >= 4 is 6.09 Å². The Morgan fingerprint density at radius 1 is 1.35 bits per heavy atom. The zero-order valence-corrected chi connectivity index (χ0v) is 14.9. The number of aliphatic hydroxyl groups is 2.